The van der Waals surface area contributed by atoms with E-state index in [0.29, 0.717) is 23.9 Å². The van der Waals surface area contributed by atoms with Crippen LogP contribution in [0.2, 0.25) is 0 Å². The van der Waals surface area contributed by atoms with Gasteiger partial charge in [-0.3, -0.25) is 4.18 Å². The Bertz CT molecular complexity index is 943. The van der Waals surface area contributed by atoms with E-state index in [-0.39, 0.29) is 26.6 Å². The number of carbonyl (C=O) groups excluding carboxylic acids is 1. The zero-order valence-corrected chi connectivity index (χ0v) is 19.7. The van der Waals surface area contributed by atoms with Crippen LogP contribution in [0.25, 0.3) is 0 Å². The third-order valence-corrected chi connectivity index (χ3v) is 7.51. The number of rotatable bonds is 8. The fraction of sp³-hybridized carbons (Fsp3) is 0.350. The van der Waals surface area contributed by atoms with Crippen LogP contribution in [0.5, 0.6) is 11.5 Å². The lowest BCUT2D eigenvalue weighted by atomic mass is 10.3. The molecule has 1 atom stereocenters. The SMILES string of the molecule is C[S+](Oc1ccc(OS(=O)(=O)c2ccc(NC(=O)NCCCl)cc2)cc1)C(C)(C)C. The van der Waals surface area contributed by atoms with Gasteiger partial charge < -0.3 is 14.8 Å². The lowest BCUT2D eigenvalue weighted by Gasteiger charge is -2.16. The first-order valence-electron chi connectivity index (χ1n) is 9.11. The van der Waals surface area contributed by atoms with Gasteiger partial charge in [0.25, 0.3) is 0 Å². The minimum absolute atomic E-state index is 0.00428. The minimum atomic E-state index is -4.02. The van der Waals surface area contributed by atoms with E-state index in [0.717, 1.165) is 0 Å². The highest BCUT2D eigenvalue weighted by Gasteiger charge is 2.33. The van der Waals surface area contributed by atoms with Crippen molar-refractivity contribution in [2.24, 2.45) is 0 Å². The Morgan fingerprint density at radius 1 is 1.03 bits per heavy atom. The molecule has 7 nitrogen and oxygen atoms in total. The van der Waals surface area contributed by atoms with Crippen LogP contribution in [0.4, 0.5) is 10.5 Å². The molecule has 2 aromatic rings. The van der Waals surface area contributed by atoms with Gasteiger partial charge in [-0.05, 0) is 69.3 Å². The lowest BCUT2D eigenvalue weighted by molar-refractivity contribution is 0.252. The first-order chi connectivity index (χ1) is 14.0. The molecule has 0 fully saturated rings. The minimum Gasteiger partial charge on any atom is -0.379 e. The van der Waals surface area contributed by atoms with Gasteiger partial charge in [0.1, 0.15) is 16.9 Å². The van der Waals surface area contributed by atoms with Gasteiger partial charge in [-0.1, -0.05) is 0 Å². The van der Waals surface area contributed by atoms with Gasteiger partial charge in [-0.2, -0.15) is 8.42 Å². The number of nitrogens with one attached hydrogen (secondary N) is 2. The van der Waals surface area contributed by atoms with Crippen molar-refractivity contribution in [2.75, 3.05) is 24.0 Å². The number of benzene rings is 2. The molecule has 164 valence electrons. The molecule has 2 N–H and O–H groups in total. The van der Waals surface area contributed by atoms with E-state index in [1.54, 1.807) is 24.3 Å². The Balaban J connectivity index is 2.01. The summed E-state index contributed by atoms with van der Waals surface area (Å²) in [6, 6.07) is 11.7. The number of hydrogen-bond acceptors (Lipinski definition) is 5. The molecule has 0 aliphatic heterocycles. The number of hydrogen-bond donors (Lipinski definition) is 2. The van der Waals surface area contributed by atoms with E-state index >= 15 is 0 Å². The van der Waals surface area contributed by atoms with Crippen LogP contribution in [0.15, 0.2) is 53.4 Å². The summed E-state index contributed by atoms with van der Waals surface area (Å²) in [5.41, 5.74) is 0.441. The zero-order valence-electron chi connectivity index (χ0n) is 17.3. The molecule has 0 aliphatic rings. The van der Waals surface area contributed by atoms with Crippen molar-refractivity contribution in [3.8, 4) is 11.5 Å². The molecule has 10 heteroatoms. The molecule has 30 heavy (non-hydrogen) atoms. The molecule has 0 aromatic heterocycles. The van der Waals surface area contributed by atoms with E-state index in [4.69, 9.17) is 20.0 Å². The van der Waals surface area contributed by atoms with Crippen molar-refractivity contribution >= 4 is 44.6 Å². The molecule has 2 rings (SSSR count). The topological polar surface area (TPSA) is 93.7 Å². The summed E-state index contributed by atoms with van der Waals surface area (Å²) in [6.07, 6.45) is 2.01. The van der Waals surface area contributed by atoms with E-state index in [1.165, 1.54) is 24.3 Å². The molecular weight excluding hydrogens is 448 g/mol. The van der Waals surface area contributed by atoms with Gasteiger partial charge in [-0.15, -0.1) is 11.6 Å². The van der Waals surface area contributed by atoms with Gasteiger partial charge in [-0.25, -0.2) is 4.79 Å². The maximum absolute atomic E-state index is 12.5. The predicted octanol–water partition coefficient (Wildman–Crippen LogP) is 4.16. The first kappa shape index (κ1) is 24.2. The molecule has 0 heterocycles. The van der Waals surface area contributed by atoms with Crippen LogP contribution in [0, 0.1) is 0 Å². The third-order valence-electron chi connectivity index (χ3n) is 3.89. The number of urea groups is 1. The Morgan fingerprint density at radius 2 is 1.60 bits per heavy atom. The summed E-state index contributed by atoms with van der Waals surface area (Å²) < 4.78 is 36.1. The highest BCUT2D eigenvalue weighted by Crippen LogP contribution is 2.26. The fourth-order valence-electron chi connectivity index (χ4n) is 2.04. The normalized spacial score (nSPS) is 12.7. The maximum Gasteiger partial charge on any atom is 0.339 e. The monoisotopic (exact) mass is 473 g/mol. The molecule has 0 saturated heterocycles. The maximum atomic E-state index is 12.5. The van der Waals surface area contributed by atoms with Crippen LogP contribution < -0.4 is 19.0 Å². The predicted molar refractivity (Wildman–Crippen MR) is 122 cm³/mol. The molecule has 0 bridgehead atoms. The molecule has 0 spiro atoms. The van der Waals surface area contributed by atoms with E-state index in [2.05, 4.69) is 31.4 Å². The number of halogens is 1. The fourth-order valence-corrected chi connectivity index (χ4v) is 3.71. The van der Waals surface area contributed by atoms with Gasteiger partial charge in [0.05, 0.1) is 0 Å². The third kappa shape index (κ3) is 7.30. The molecule has 0 aliphatic carbocycles. The second kappa shape index (κ2) is 10.3. The smallest absolute Gasteiger partial charge is 0.339 e. The van der Waals surface area contributed by atoms with Crippen LogP contribution in [0.3, 0.4) is 0 Å². The number of anilines is 1. The highest BCUT2D eigenvalue weighted by molar-refractivity contribution is 7.93. The lowest BCUT2D eigenvalue weighted by Crippen LogP contribution is -2.31. The average molecular weight is 474 g/mol. The van der Waals surface area contributed by atoms with Crippen LogP contribution in [-0.2, 0) is 21.3 Å². The Kier molecular flexibility index (Phi) is 8.28. The summed E-state index contributed by atoms with van der Waals surface area (Å²) in [7, 11) is -4.02. The molecular formula is C20H26ClN2O5S2+. The van der Waals surface area contributed by atoms with Crippen molar-refractivity contribution in [1.29, 1.82) is 0 Å². The second-order valence-corrected chi connectivity index (χ2v) is 11.5. The van der Waals surface area contributed by atoms with Crippen molar-refractivity contribution in [3.05, 3.63) is 48.5 Å². The molecule has 2 amide bonds. The number of alkyl halides is 1. The largest absolute Gasteiger partial charge is 0.379 e. The molecule has 2 aromatic carbocycles. The summed E-state index contributed by atoms with van der Waals surface area (Å²) in [5.74, 6) is 1.12. The molecule has 1 unspecified atom stereocenters. The van der Waals surface area contributed by atoms with E-state index in [1.807, 2.05) is 6.26 Å². The first-order valence-corrected chi connectivity index (χ1v) is 12.6. The standard InChI is InChI=1S/C20H25ClN2O5S2/c1-20(2,3)29(4)27-16-7-9-17(10-8-16)28-30(25,26)18-11-5-15(6-12-18)23-19(24)22-14-13-21/h5-12H,13-14H2,1-4H3,(H-,22,23,24)/p+1. The van der Waals surface area contributed by atoms with Crippen molar-refractivity contribution in [1.82, 2.24) is 5.32 Å². The molecule has 0 saturated carbocycles. The van der Waals surface area contributed by atoms with Gasteiger partial charge in [0.2, 0.25) is 0 Å². The Morgan fingerprint density at radius 3 is 2.13 bits per heavy atom. The summed E-state index contributed by atoms with van der Waals surface area (Å²) >= 11 is 5.20. The number of carbonyl (C=O) groups is 1. The second-order valence-electron chi connectivity index (χ2n) is 7.25. The average Bonchev–Trinajstić information content (AvgIpc) is 2.67. The van der Waals surface area contributed by atoms with Crippen molar-refractivity contribution in [3.63, 3.8) is 0 Å². The Hall–Kier alpha value is -2.10. The van der Waals surface area contributed by atoms with Crippen molar-refractivity contribution < 1.29 is 21.6 Å². The highest BCUT2D eigenvalue weighted by atomic mass is 35.5. The van der Waals surface area contributed by atoms with Crippen LogP contribution >= 0.6 is 11.6 Å². The quantitative estimate of drug-likeness (QED) is 0.341. The zero-order chi connectivity index (χ0) is 22.4. The number of amides is 2. The van der Waals surface area contributed by atoms with Crippen LogP contribution in [0.1, 0.15) is 20.8 Å². The van der Waals surface area contributed by atoms with Crippen LogP contribution in [-0.4, -0.2) is 37.9 Å². The van der Waals surface area contributed by atoms with Gasteiger partial charge in [0.15, 0.2) is 21.7 Å². The summed E-state index contributed by atoms with van der Waals surface area (Å²) in [5, 5.41) is 5.13. The molecule has 0 radical (unpaired) electrons. The van der Waals surface area contributed by atoms with Crippen molar-refractivity contribution in [2.45, 2.75) is 30.4 Å². The van der Waals surface area contributed by atoms with E-state index in [9.17, 15) is 13.2 Å². The summed E-state index contributed by atoms with van der Waals surface area (Å²) in [6.45, 7) is 6.60. The van der Waals surface area contributed by atoms with E-state index < -0.39 is 16.1 Å². The van der Waals surface area contributed by atoms with Gasteiger partial charge in [0, 0.05) is 18.1 Å². The Labute approximate surface area is 185 Å². The summed E-state index contributed by atoms with van der Waals surface area (Å²) in [4.78, 5) is 11.6. The van der Waals surface area contributed by atoms with Gasteiger partial charge >= 0.3 is 16.1 Å².